The lowest BCUT2D eigenvalue weighted by molar-refractivity contribution is -0.120. The minimum absolute atomic E-state index is 0.0840. The van der Waals surface area contributed by atoms with Crippen molar-refractivity contribution in [1.29, 1.82) is 0 Å². The van der Waals surface area contributed by atoms with E-state index in [-0.39, 0.29) is 11.4 Å². The molecule has 0 fully saturated rings. The number of hydrogen-bond donors (Lipinski definition) is 0. The SMILES string of the molecule is CC1=CC(C)(C)N(C(=O)C(C)(C)Br)c2cc(C)c(C)cc21. The lowest BCUT2D eigenvalue weighted by Crippen LogP contribution is -2.54. The number of rotatable bonds is 1. The molecule has 0 radical (unpaired) electrons. The van der Waals surface area contributed by atoms with Crippen molar-refractivity contribution in [3.05, 3.63) is 34.9 Å². The topological polar surface area (TPSA) is 20.3 Å². The van der Waals surface area contributed by atoms with Gasteiger partial charge in [0.2, 0.25) is 5.91 Å². The number of anilines is 1. The van der Waals surface area contributed by atoms with Crippen LogP contribution in [0.25, 0.3) is 5.57 Å². The van der Waals surface area contributed by atoms with Gasteiger partial charge in [-0.1, -0.05) is 22.0 Å². The number of hydrogen-bond acceptors (Lipinski definition) is 1. The van der Waals surface area contributed by atoms with E-state index in [2.05, 4.69) is 68.8 Å². The predicted octanol–water partition coefficient (Wildman–Crippen LogP) is 5.01. The molecule has 0 bridgehead atoms. The molecule has 0 atom stereocenters. The van der Waals surface area contributed by atoms with Gasteiger partial charge in [-0.3, -0.25) is 4.79 Å². The summed E-state index contributed by atoms with van der Waals surface area (Å²) in [5.41, 5.74) is 5.54. The Kier molecular flexibility index (Phi) is 3.86. The summed E-state index contributed by atoms with van der Waals surface area (Å²) in [6.07, 6.45) is 2.18. The summed E-state index contributed by atoms with van der Waals surface area (Å²) in [5.74, 6) is 0.0840. The zero-order chi connectivity index (χ0) is 16.2. The Morgan fingerprint density at radius 3 is 2.19 bits per heavy atom. The van der Waals surface area contributed by atoms with E-state index in [1.165, 1.54) is 16.7 Å². The molecule has 0 saturated heterocycles. The molecule has 1 amide bonds. The monoisotopic (exact) mass is 349 g/mol. The van der Waals surface area contributed by atoms with Gasteiger partial charge in [0.15, 0.2) is 0 Å². The van der Waals surface area contributed by atoms with Crippen LogP contribution in [0.15, 0.2) is 18.2 Å². The third kappa shape index (κ3) is 2.80. The first-order chi connectivity index (χ1) is 9.45. The van der Waals surface area contributed by atoms with Gasteiger partial charge in [-0.05, 0) is 77.3 Å². The van der Waals surface area contributed by atoms with Crippen LogP contribution in [-0.2, 0) is 4.79 Å². The number of halogens is 1. The maximum Gasteiger partial charge on any atom is 0.244 e. The molecule has 0 N–H and O–H groups in total. The van der Waals surface area contributed by atoms with Crippen molar-refractivity contribution in [2.75, 3.05) is 4.90 Å². The molecule has 1 aliphatic heterocycles. The van der Waals surface area contributed by atoms with Crippen LogP contribution in [0.5, 0.6) is 0 Å². The third-order valence-electron chi connectivity index (χ3n) is 4.14. The van der Waals surface area contributed by atoms with Crippen molar-refractivity contribution in [2.45, 2.75) is 58.3 Å². The van der Waals surface area contributed by atoms with E-state index in [1.807, 2.05) is 18.7 Å². The molecule has 0 aliphatic carbocycles. The van der Waals surface area contributed by atoms with Crippen LogP contribution >= 0.6 is 15.9 Å². The first kappa shape index (κ1) is 16.3. The van der Waals surface area contributed by atoms with Crippen molar-refractivity contribution in [3.8, 4) is 0 Å². The maximum absolute atomic E-state index is 13.0. The quantitative estimate of drug-likeness (QED) is 0.653. The minimum atomic E-state index is -0.584. The molecule has 1 heterocycles. The molecule has 2 nitrogen and oxygen atoms in total. The molecule has 1 aromatic carbocycles. The van der Waals surface area contributed by atoms with Crippen LogP contribution in [0, 0.1) is 13.8 Å². The Labute approximate surface area is 136 Å². The summed E-state index contributed by atoms with van der Waals surface area (Å²) in [6, 6.07) is 4.33. The van der Waals surface area contributed by atoms with E-state index in [0.717, 1.165) is 11.3 Å². The Morgan fingerprint density at radius 2 is 1.67 bits per heavy atom. The third-order valence-corrected chi connectivity index (χ3v) is 4.47. The first-order valence-corrected chi connectivity index (χ1v) is 8.09. The van der Waals surface area contributed by atoms with E-state index in [9.17, 15) is 4.79 Å². The fourth-order valence-corrected chi connectivity index (χ4v) is 3.10. The molecule has 0 unspecified atom stereocenters. The molecule has 21 heavy (non-hydrogen) atoms. The lowest BCUT2D eigenvalue weighted by Gasteiger charge is -2.44. The normalized spacial score (nSPS) is 17.3. The van der Waals surface area contributed by atoms with Crippen molar-refractivity contribution in [2.24, 2.45) is 0 Å². The number of amides is 1. The number of benzene rings is 1. The molecule has 2 rings (SSSR count). The Morgan fingerprint density at radius 1 is 1.14 bits per heavy atom. The number of fused-ring (bicyclic) bond motifs is 1. The zero-order valence-corrected chi connectivity index (χ0v) is 15.6. The summed E-state index contributed by atoms with van der Waals surface area (Å²) in [7, 11) is 0. The average Bonchev–Trinajstić information content (AvgIpc) is 2.29. The van der Waals surface area contributed by atoms with Gasteiger partial charge in [0.1, 0.15) is 0 Å². The van der Waals surface area contributed by atoms with E-state index in [0.29, 0.717) is 0 Å². The molecule has 114 valence electrons. The highest BCUT2D eigenvalue weighted by atomic mass is 79.9. The molecule has 0 saturated carbocycles. The second kappa shape index (κ2) is 4.98. The van der Waals surface area contributed by atoms with Gasteiger partial charge in [0, 0.05) is 5.56 Å². The largest absolute Gasteiger partial charge is 0.302 e. The summed E-state index contributed by atoms with van der Waals surface area (Å²) in [5, 5.41) is 0. The van der Waals surface area contributed by atoms with E-state index in [4.69, 9.17) is 0 Å². The predicted molar refractivity (Wildman–Crippen MR) is 94.1 cm³/mol. The van der Waals surface area contributed by atoms with Gasteiger partial charge in [-0.15, -0.1) is 0 Å². The van der Waals surface area contributed by atoms with Crippen molar-refractivity contribution in [3.63, 3.8) is 0 Å². The van der Waals surface area contributed by atoms with Crippen molar-refractivity contribution in [1.82, 2.24) is 0 Å². The second-order valence-electron chi connectivity index (χ2n) is 7.05. The molecule has 3 heteroatoms. The fraction of sp³-hybridized carbons (Fsp3) is 0.500. The van der Waals surface area contributed by atoms with Crippen LogP contribution in [0.4, 0.5) is 5.69 Å². The van der Waals surface area contributed by atoms with Crippen LogP contribution < -0.4 is 4.90 Å². The van der Waals surface area contributed by atoms with Gasteiger partial charge in [-0.25, -0.2) is 0 Å². The van der Waals surface area contributed by atoms with Gasteiger partial charge in [-0.2, -0.15) is 0 Å². The minimum Gasteiger partial charge on any atom is -0.302 e. The number of aryl methyl sites for hydroxylation is 2. The number of alkyl halides is 1. The highest BCUT2D eigenvalue weighted by Crippen LogP contribution is 2.42. The average molecular weight is 350 g/mol. The van der Waals surface area contributed by atoms with Gasteiger partial charge in [0.25, 0.3) is 0 Å². The highest BCUT2D eigenvalue weighted by molar-refractivity contribution is 9.10. The summed E-state index contributed by atoms with van der Waals surface area (Å²) < 4.78 is -0.584. The van der Waals surface area contributed by atoms with Crippen LogP contribution in [0.3, 0.4) is 0 Å². The van der Waals surface area contributed by atoms with E-state index < -0.39 is 4.32 Å². The smallest absolute Gasteiger partial charge is 0.244 e. The van der Waals surface area contributed by atoms with Crippen molar-refractivity contribution < 1.29 is 4.79 Å². The Bertz CT molecular complexity index is 635. The Hall–Kier alpha value is -1.09. The Balaban J connectivity index is 2.72. The van der Waals surface area contributed by atoms with Crippen molar-refractivity contribution >= 4 is 33.1 Å². The standard InChI is InChI=1S/C18H24BrNO/c1-11-8-14-13(3)10-17(4,5)20(15(14)9-12(11)2)16(21)18(6,7)19/h8-10H,1-7H3. The zero-order valence-electron chi connectivity index (χ0n) is 14.0. The number of nitrogens with zero attached hydrogens (tertiary/aromatic N) is 1. The fourth-order valence-electron chi connectivity index (χ4n) is 2.92. The van der Waals surface area contributed by atoms with E-state index >= 15 is 0 Å². The molecule has 0 aromatic heterocycles. The van der Waals surface area contributed by atoms with Gasteiger partial charge >= 0.3 is 0 Å². The molecule has 1 aromatic rings. The van der Waals surface area contributed by atoms with Gasteiger partial charge < -0.3 is 4.90 Å². The molecule has 0 spiro atoms. The second-order valence-corrected chi connectivity index (χ2v) is 9.03. The summed E-state index contributed by atoms with van der Waals surface area (Å²) in [6.45, 7) is 14.3. The molecule has 1 aliphatic rings. The first-order valence-electron chi connectivity index (χ1n) is 7.30. The lowest BCUT2D eigenvalue weighted by atomic mass is 9.86. The van der Waals surface area contributed by atoms with Gasteiger partial charge in [0.05, 0.1) is 15.6 Å². The maximum atomic E-state index is 13.0. The van der Waals surface area contributed by atoms with E-state index in [1.54, 1.807) is 0 Å². The molecular weight excluding hydrogens is 326 g/mol. The van der Waals surface area contributed by atoms with Crippen LogP contribution in [-0.4, -0.2) is 15.8 Å². The van der Waals surface area contributed by atoms with Crippen LogP contribution in [0.2, 0.25) is 0 Å². The van der Waals surface area contributed by atoms with Crippen LogP contribution in [0.1, 0.15) is 51.3 Å². The number of carbonyl (C=O) groups excluding carboxylic acids is 1. The summed E-state index contributed by atoms with van der Waals surface area (Å²) >= 11 is 3.52. The molecular formula is C18H24BrNO. The summed E-state index contributed by atoms with van der Waals surface area (Å²) in [4.78, 5) is 14.9. The highest BCUT2D eigenvalue weighted by Gasteiger charge is 2.41. The number of carbonyl (C=O) groups is 1. The number of allylic oxidation sites excluding steroid dienone is 1.